The number of aromatic nitrogens is 5. The second-order valence-corrected chi connectivity index (χ2v) is 12.2. The number of nitrogens with zero attached hydrogens (tertiary/aromatic N) is 5. The maximum Gasteiger partial charge on any atom is 0.320 e. The predicted octanol–water partition coefficient (Wildman–Crippen LogP) is 4.23. The van der Waals surface area contributed by atoms with Gasteiger partial charge in [-0.15, -0.1) is 0 Å². The molecule has 0 unspecified atom stereocenters. The normalized spacial score (nSPS) is 26.5. The summed E-state index contributed by atoms with van der Waals surface area (Å²) in [5.41, 5.74) is 0.906. The van der Waals surface area contributed by atoms with Crippen molar-refractivity contribution in [2.24, 2.45) is 16.7 Å². The molecule has 2 spiro atoms. The lowest BCUT2D eigenvalue weighted by Gasteiger charge is -2.63. The van der Waals surface area contributed by atoms with E-state index in [-0.39, 0.29) is 47.2 Å². The number of hydrogen-bond acceptors (Lipinski definition) is 4. The molecule has 3 saturated carbocycles. The highest BCUT2D eigenvalue weighted by atomic mass is 19.3. The minimum Gasteiger partial charge on any atom is -0.323 e. The Morgan fingerprint density at radius 1 is 0.944 bits per heavy atom. The fourth-order valence-corrected chi connectivity index (χ4v) is 7.41. The smallest absolute Gasteiger partial charge is 0.320 e. The van der Waals surface area contributed by atoms with Crippen LogP contribution in [0.15, 0.2) is 6.07 Å². The van der Waals surface area contributed by atoms with E-state index in [0.717, 1.165) is 69.8 Å². The third-order valence-electron chi connectivity index (χ3n) is 9.19. The van der Waals surface area contributed by atoms with Crippen molar-refractivity contribution in [1.29, 1.82) is 0 Å². The van der Waals surface area contributed by atoms with E-state index in [1.165, 1.54) is 6.07 Å². The van der Waals surface area contributed by atoms with E-state index in [9.17, 15) is 22.4 Å². The van der Waals surface area contributed by atoms with E-state index in [4.69, 9.17) is 0 Å². The van der Waals surface area contributed by atoms with Gasteiger partial charge in [0.15, 0.2) is 5.82 Å². The molecule has 36 heavy (non-hydrogen) atoms. The zero-order valence-corrected chi connectivity index (χ0v) is 19.8. The van der Waals surface area contributed by atoms with Crippen molar-refractivity contribution >= 4 is 6.03 Å². The number of halogens is 4. The van der Waals surface area contributed by atoms with Gasteiger partial charge in [0.2, 0.25) is 5.92 Å². The third kappa shape index (κ3) is 3.61. The van der Waals surface area contributed by atoms with Crippen LogP contribution in [-0.2, 0) is 6.42 Å². The van der Waals surface area contributed by atoms with Crippen molar-refractivity contribution < 1.29 is 22.4 Å². The number of likely N-dealkylation sites (tertiary alicyclic amines) is 2. The van der Waals surface area contributed by atoms with Gasteiger partial charge in [-0.25, -0.2) is 27.3 Å². The van der Waals surface area contributed by atoms with Crippen LogP contribution >= 0.6 is 0 Å². The molecule has 12 heteroatoms. The number of carbonyl (C=O) groups is 1. The minimum absolute atomic E-state index is 0.111. The highest BCUT2D eigenvalue weighted by molar-refractivity contribution is 5.77. The molecule has 2 amide bonds. The van der Waals surface area contributed by atoms with Gasteiger partial charge in [-0.2, -0.15) is 10.2 Å². The quantitative estimate of drug-likeness (QED) is 0.593. The van der Waals surface area contributed by atoms with Gasteiger partial charge in [-0.1, -0.05) is 0 Å². The third-order valence-corrected chi connectivity index (χ3v) is 9.19. The summed E-state index contributed by atoms with van der Waals surface area (Å²) in [6.07, 6.45) is 1.76. The van der Waals surface area contributed by atoms with Crippen molar-refractivity contribution in [1.82, 2.24) is 35.2 Å². The van der Waals surface area contributed by atoms with Gasteiger partial charge in [-0.05, 0) is 44.1 Å². The molecule has 3 aliphatic carbocycles. The van der Waals surface area contributed by atoms with Crippen LogP contribution in [0.2, 0.25) is 0 Å². The van der Waals surface area contributed by atoms with Crippen LogP contribution in [0.5, 0.6) is 0 Å². The number of urea groups is 1. The van der Waals surface area contributed by atoms with Crippen molar-refractivity contribution in [3.63, 3.8) is 0 Å². The summed E-state index contributed by atoms with van der Waals surface area (Å²) in [7, 11) is 0. The Hall–Kier alpha value is -2.66. The lowest BCUT2D eigenvalue weighted by Crippen LogP contribution is -2.70. The van der Waals surface area contributed by atoms with Gasteiger partial charge in [-0.3, -0.25) is 10.2 Å². The number of aromatic amines is 2. The van der Waals surface area contributed by atoms with Crippen LogP contribution in [0.1, 0.15) is 79.8 Å². The summed E-state index contributed by atoms with van der Waals surface area (Å²) in [5, 5.41) is 13.5. The van der Waals surface area contributed by atoms with Crippen molar-refractivity contribution in [2.45, 2.75) is 69.1 Å². The first-order valence-electron chi connectivity index (χ1n) is 12.8. The van der Waals surface area contributed by atoms with Crippen molar-refractivity contribution in [3.8, 4) is 0 Å². The monoisotopic (exact) mass is 507 g/mol. The van der Waals surface area contributed by atoms with Crippen molar-refractivity contribution in [2.75, 3.05) is 26.2 Å². The topological polar surface area (TPSA) is 93.8 Å². The molecule has 0 radical (unpaired) electrons. The standard InChI is InChI=1S/C24H29F4N7O/c25-18(26)17-2-16(30-31-17)1-13-3-22(4-13)9-34(10-22)21(36)35-11-23(12-35)5-14(6-23)19-29-20(33-32-19)15-7-24(27,28)8-15/h2,13-15,18H,1,3-12H2,(H,30,31)(H,29,32,33). The summed E-state index contributed by atoms with van der Waals surface area (Å²) in [6, 6.07) is 1.56. The van der Waals surface area contributed by atoms with Gasteiger partial charge in [0, 0.05) is 67.4 Å². The zero-order chi connectivity index (χ0) is 24.9. The van der Waals surface area contributed by atoms with Gasteiger partial charge < -0.3 is 9.80 Å². The van der Waals surface area contributed by atoms with Crippen LogP contribution in [0.4, 0.5) is 22.4 Å². The van der Waals surface area contributed by atoms with E-state index in [2.05, 4.69) is 25.4 Å². The first-order chi connectivity index (χ1) is 17.1. The summed E-state index contributed by atoms with van der Waals surface area (Å²) in [4.78, 5) is 21.3. The highest BCUT2D eigenvalue weighted by Gasteiger charge is 2.59. The van der Waals surface area contributed by atoms with Crippen LogP contribution in [-0.4, -0.2) is 73.3 Å². The van der Waals surface area contributed by atoms with E-state index in [1.807, 2.05) is 9.80 Å². The second kappa shape index (κ2) is 7.44. The molecule has 0 bridgehead atoms. The molecule has 2 aromatic rings. The molecule has 2 saturated heterocycles. The number of amides is 2. The molecule has 2 aliphatic heterocycles. The molecule has 8 nitrogen and oxygen atoms in total. The number of H-pyrrole nitrogens is 2. The maximum atomic E-state index is 13.1. The molecule has 0 aromatic carbocycles. The molecule has 5 aliphatic rings. The fraction of sp³-hybridized carbons (Fsp3) is 0.750. The minimum atomic E-state index is -2.57. The Kier molecular flexibility index (Phi) is 4.66. The molecule has 4 heterocycles. The van der Waals surface area contributed by atoms with Crippen LogP contribution in [0, 0.1) is 16.7 Å². The Labute approximate surface area is 205 Å². The lowest BCUT2D eigenvalue weighted by molar-refractivity contribution is -0.101. The second-order valence-electron chi connectivity index (χ2n) is 12.2. The number of hydrogen-bond donors (Lipinski definition) is 2. The lowest BCUT2D eigenvalue weighted by atomic mass is 9.56. The van der Waals surface area contributed by atoms with Gasteiger partial charge in [0.05, 0.1) is 0 Å². The van der Waals surface area contributed by atoms with Crippen LogP contribution in [0.3, 0.4) is 0 Å². The maximum absolute atomic E-state index is 13.1. The molecule has 0 atom stereocenters. The van der Waals surface area contributed by atoms with E-state index >= 15 is 0 Å². The Balaban J connectivity index is 0.834. The summed E-state index contributed by atoms with van der Waals surface area (Å²) < 4.78 is 51.7. The van der Waals surface area contributed by atoms with Crippen LogP contribution in [0.25, 0.3) is 0 Å². The van der Waals surface area contributed by atoms with E-state index in [0.29, 0.717) is 11.7 Å². The highest BCUT2D eigenvalue weighted by Crippen LogP contribution is 2.57. The SMILES string of the molecule is O=C(N1CC2(CC(Cc3cc(C(F)F)n[nH]3)C2)C1)N1CC2(CC(c3n[nH]c(C4CC(F)(F)C4)n3)C2)C1. The Morgan fingerprint density at radius 3 is 2.17 bits per heavy atom. The fourth-order valence-electron chi connectivity index (χ4n) is 7.41. The predicted molar refractivity (Wildman–Crippen MR) is 119 cm³/mol. The van der Waals surface area contributed by atoms with Gasteiger partial charge >= 0.3 is 6.03 Å². The first-order valence-corrected chi connectivity index (χ1v) is 12.8. The average Bonchev–Trinajstić information content (AvgIpc) is 3.34. The molecule has 2 aromatic heterocycles. The number of rotatable bonds is 5. The number of carbonyl (C=O) groups excluding carboxylic acids is 1. The van der Waals surface area contributed by atoms with E-state index < -0.39 is 12.3 Å². The molecule has 194 valence electrons. The molecule has 5 fully saturated rings. The summed E-state index contributed by atoms with van der Waals surface area (Å²) >= 11 is 0. The molecular formula is C24H29F4N7O. The zero-order valence-electron chi connectivity index (χ0n) is 19.8. The average molecular weight is 508 g/mol. The van der Waals surface area contributed by atoms with Crippen LogP contribution < -0.4 is 0 Å². The molecular weight excluding hydrogens is 478 g/mol. The number of nitrogens with one attached hydrogen (secondary N) is 2. The molecule has 7 rings (SSSR count). The summed E-state index contributed by atoms with van der Waals surface area (Å²) in [6.45, 7) is 3.07. The Morgan fingerprint density at radius 2 is 1.58 bits per heavy atom. The first kappa shape index (κ1) is 22.5. The molecule has 2 N–H and O–H groups in total. The summed E-state index contributed by atoms with van der Waals surface area (Å²) in [5.74, 6) is -0.806. The largest absolute Gasteiger partial charge is 0.323 e. The van der Waals surface area contributed by atoms with E-state index in [1.54, 1.807) is 0 Å². The Bertz CT molecular complexity index is 1160. The number of alkyl halides is 4. The van der Waals surface area contributed by atoms with Gasteiger partial charge in [0.25, 0.3) is 6.43 Å². The van der Waals surface area contributed by atoms with Crippen molar-refractivity contribution in [3.05, 3.63) is 29.1 Å². The van der Waals surface area contributed by atoms with Gasteiger partial charge in [0.1, 0.15) is 11.5 Å².